The van der Waals surface area contributed by atoms with E-state index in [9.17, 15) is 0 Å². The molecule has 0 aliphatic carbocycles. The van der Waals surface area contributed by atoms with E-state index < -0.39 is 0 Å². The highest BCUT2D eigenvalue weighted by molar-refractivity contribution is 6.39. The molecule has 0 amide bonds. The molecule has 0 radical (unpaired) electrons. The van der Waals surface area contributed by atoms with E-state index in [4.69, 9.17) is 0 Å². The van der Waals surface area contributed by atoms with Gasteiger partial charge in [-0.25, -0.2) is 0 Å². The summed E-state index contributed by atoms with van der Waals surface area (Å²) in [4.78, 5) is 0. The second kappa shape index (κ2) is 5.73. The second-order valence-corrected chi connectivity index (χ2v) is 9.69. The lowest BCUT2D eigenvalue weighted by Gasteiger charge is -2.07. The van der Waals surface area contributed by atoms with E-state index >= 15 is 0 Å². The highest BCUT2D eigenvalue weighted by Gasteiger charge is 2.18. The van der Waals surface area contributed by atoms with Crippen LogP contribution in [0.4, 0.5) is 0 Å². The summed E-state index contributed by atoms with van der Waals surface area (Å²) >= 11 is 0. The van der Waals surface area contributed by atoms with E-state index in [1.807, 2.05) is 0 Å². The lowest BCUT2D eigenvalue weighted by atomic mass is 9.96. The molecule has 0 unspecified atom stereocenters. The van der Waals surface area contributed by atoms with Gasteiger partial charge in [0.25, 0.3) is 0 Å². The first-order valence-electron chi connectivity index (χ1n) is 12.0. The molecule has 9 aromatic rings. The quantitative estimate of drug-likeness (QED) is 0.212. The zero-order valence-corrected chi connectivity index (χ0v) is 18.4. The summed E-state index contributed by atoms with van der Waals surface area (Å²) in [6.45, 7) is 0. The minimum absolute atomic E-state index is 1.31. The first kappa shape index (κ1) is 17.1. The minimum Gasteiger partial charge on any atom is -0.0616 e. The van der Waals surface area contributed by atoms with Gasteiger partial charge in [0.1, 0.15) is 0 Å². The summed E-state index contributed by atoms with van der Waals surface area (Å²) < 4.78 is 0. The smallest absolute Gasteiger partial charge is 0.00199 e. The molecule has 0 N–H and O–H groups in total. The van der Waals surface area contributed by atoms with Crippen LogP contribution >= 0.6 is 0 Å². The van der Waals surface area contributed by atoms with E-state index in [1.165, 1.54) is 86.2 Å². The van der Waals surface area contributed by atoms with E-state index in [0.717, 1.165) is 0 Å². The van der Waals surface area contributed by atoms with E-state index in [0.29, 0.717) is 0 Å². The Morgan fingerprint density at radius 1 is 0.235 bits per heavy atom. The van der Waals surface area contributed by atoms with Crippen molar-refractivity contribution in [3.8, 4) is 0 Å². The Labute approximate surface area is 195 Å². The van der Waals surface area contributed by atoms with Crippen molar-refractivity contribution in [2.45, 2.75) is 0 Å². The Bertz CT molecular complexity index is 2260. The molecule has 0 bridgehead atoms. The fraction of sp³-hybridized carbons (Fsp3) is 0. The zero-order chi connectivity index (χ0) is 22.0. The van der Waals surface area contributed by atoms with Crippen molar-refractivity contribution in [3.63, 3.8) is 0 Å². The van der Waals surface area contributed by atoms with Gasteiger partial charge in [-0.3, -0.25) is 0 Å². The topological polar surface area (TPSA) is 0 Å². The van der Waals surface area contributed by atoms with Gasteiger partial charge in [-0.2, -0.15) is 0 Å². The van der Waals surface area contributed by atoms with E-state index in [-0.39, 0.29) is 0 Å². The van der Waals surface area contributed by atoms with Crippen LogP contribution in [0, 0.1) is 0 Å². The summed E-state index contributed by atoms with van der Waals surface area (Å²) in [5.74, 6) is 0. The Morgan fingerprint density at radius 2 is 0.676 bits per heavy atom. The van der Waals surface area contributed by atoms with E-state index in [2.05, 4.69) is 109 Å². The molecule has 0 saturated carbocycles. The normalized spacial score (nSPS) is 12.7. The number of hydrogen-bond donors (Lipinski definition) is 0. The van der Waals surface area contributed by atoms with Crippen LogP contribution < -0.4 is 0 Å². The van der Waals surface area contributed by atoms with Gasteiger partial charge in [0, 0.05) is 0 Å². The van der Waals surface area contributed by atoms with Crippen LogP contribution in [-0.2, 0) is 0 Å². The average Bonchev–Trinajstić information content (AvgIpc) is 3.38. The predicted molar refractivity (Wildman–Crippen MR) is 149 cm³/mol. The maximum absolute atomic E-state index is 2.45. The fourth-order valence-electron chi connectivity index (χ4n) is 6.70. The van der Waals surface area contributed by atoms with Crippen molar-refractivity contribution >= 4 is 86.2 Å². The van der Waals surface area contributed by atoms with Crippen molar-refractivity contribution < 1.29 is 0 Å². The Kier molecular flexibility index (Phi) is 2.88. The van der Waals surface area contributed by atoms with Crippen molar-refractivity contribution in [2.75, 3.05) is 0 Å². The van der Waals surface area contributed by atoms with Crippen LogP contribution in [0.3, 0.4) is 0 Å². The molecular weight excluding hydrogens is 408 g/mol. The molecule has 0 aliphatic rings. The Hall–Kier alpha value is -4.42. The first-order valence-corrected chi connectivity index (χ1v) is 12.0. The molecule has 0 aliphatic heterocycles. The van der Waals surface area contributed by atoms with Gasteiger partial charge in [-0.05, 0) is 110 Å². The Balaban J connectivity index is 1.57. The minimum atomic E-state index is 1.31. The zero-order valence-electron chi connectivity index (χ0n) is 18.4. The number of hydrogen-bond acceptors (Lipinski definition) is 0. The van der Waals surface area contributed by atoms with Gasteiger partial charge < -0.3 is 0 Å². The molecule has 0 atom stereocenters. The molecule has 9 aromatic carbocycles. The van der Waals surface area contributed by atoms with Crippen LogP contribution in [0.15, 0.2) is 109 Å². The summed E-state index contributed by atoms with van der Waals surface area (Å²) in [5, 5.41) is 21.7. The van der Waals surface area contributed by atoms with Gasteiger partial charge in [-0.15, -0.1) is 0 Å². The summed E-state index contributed by atoms with van der Waals surface area (Å²) in [7, 11) is 0. The van der Waals surface area contributed by atoms with Gasteiger partial charge >= 0.3 is 0 Å². The van der Waals surface area contributed by atoms with Crippen LogP contribution in [0.25, 0.3) is 86.2 Å². The fourth-order valence-corrected chi connectivity index (χ4v) is 6.70. The highest BCUT2D eigenvalue weighted by Crippen LogP contribution is 2.46. The third-order valence-electron chi connectivity index (χ3n) is 8.09. The van der Waals surface area contributed by atoms with Crippen LogP contribution in [0.2, 0.25) is 0 Å². The third-order valence-corrected chi connectivity index (χ3v) is 8.09. The monoisotopic (exact) mass is 426 g/mol. The number of benzene rings is 7. The summed E-state index contributed by atoms with van der Waals surface area (Å²) in [6.07, 6.45) is 0. The van der Waals surface area contributed by atoms with Crippen molar-refractivity contribution in [1.29, 1.82) is 0 Å². The van der Waals surface area contributed by atoms with Crippen molar-refractivity contribution in [2.24, 2.45) is 0 Å². The number of rotatable bonds is 0. The van der Waals surface area contributed by atoms with Crippen molar-refractivity contribution in [1.82, 2.24) is 0 Å². The maximum atomic E-state index is 2.45. The molecule has 0 heteroatoms. The van der Waals surface area contributed by atoms with Crippen LogP contribution in [0.5, 0.6) is 0 Å². The molecule has 34 heavy (non-hydrogen) atoms. The van der Waals surface area contributed by atoms with Crippen LogP contribution in [-0.4, -0.2) is 0 Å². The summed E-state index contributed by atoms with van der Waals surface area (Å²) in [6, 6.07) is 40.9. The predicted octanol–water partition coefficient (Wildman–Crippen LogP) is 9.79. The first-order chi connectivity index (χ1) is 16.9. The summed E-state index contributed by atoms with van der Waals surface area (Å²) in [5.41, 5.74) is 0. The molecule has 154 valence electrons. The van der Waals surface area contributed by atoms with Gasteiger partial charge in [0.15, 0.2) is 0 Å². The molecule has 0 aromatic heterocycles. The SMILES string of the molecule is c1ccc2c(c1)cc1c3cc4cc5c6ccccc6c6cccc(c4cc3c3cccc2c31)c65. The van der Waals surface area contributed by atoms with Gasteiger partial charge in [-0.1, -0.05) is 84.9 Å². The van der Waals surface area contributed by atoms with Gasteiger partial charge in [0.05, 0.1) is 0 Å². The average molecular weight is 427 g/mol. The molecule has 0 saturated heterocycles. The van der Waals surface area contributed by atoms with Crippen LogP contribution in [0.1, 0.15) is 0 Å². The largest absolute Gasteiger partial charge is 0.0616 e. The molecule has 0 fully saturated rings. The highest BCUT2D eigenvalue weighted by atomic mass is 14.2. The Morgan fingerprint density at radius 3 is 1.44 bits per heavy atom. The molecule has 0 nitrogen and oxygen atoms in total. The molecular formula is C34H18. The third kappa shape index (κ3) is 1.89. The lowest BCUT2D eigenvalue weighted by molar-refractivity contribution is 1.82. The molecule has 0 heterocycles. The molecule has 0 spiro atoms. The lowest BCUT2D eigenvalue weighted by Crippen LogP contribution is -1.79. The second-order valence-electron chi connectivity index (χ2n) is 9.69. The van der Waals surface area contributed by atoms with E-state index in [1.54, 1.807) is 0 Å². The molecule has 9 rings (SSSR count). The number of fused-ring (bicyclic) bond motifs is 10. The maximum Gasteiger partial charge on any atom is -0.00199 e. The van der Waals surface area contributed by atoms with Gasteiger partial charge in [0.2, 0.25) is 0 Å². The van der Waals surface area contributed by atoms with Crippen molar-refractivity contribution in [3.05, 3.63) is 109 Å². The standard InChI is InChI=1S/C34H18/c1-2-8-21-19(7-1)15-32-29-16-20-17-31-23-10-4-3-9-22(23)25-12-6-13-26(34(25)31)28(20)18-30(29)27-14-5-11-24(21)33(27)32/h1-18H.